The molecule has 0 aliphatic rings. The van der Waals surface area contributed by atoms with Gasteiger partial charge in [-0.1, -0.05) is 6.07 Å². The van der Waals surface area contributed by atoms with E-state index in [0.717, 1.165) is 27.6 Å². The van der Waals surface area contributed by atoms with Gasteiger partial charge in [0.25, 0.3) is 10.0 Å². The van der Waals surface area contributed by atoms with E-state index in [4.69, 9.17) is 0 Å². The molecule has 2 aromatic carbocycles. The Balaban J connectivity index is 2.06. The summed E-state index contributed by atoms with van der Waals surface area (Å²) < 4.78 is 56.9. The summed E-state index contributed by atoms with van der Waals surface area (Å²) in [6.45, 7) is 6.22. The van der Waals surface area contributed by atoms with Crippen LogP contribution in [0.25, 0.3) is 0 Å². The molecule has 0 saturated carbocycles. The van der Waals surface area contributed by atoms with Crippen molar-refractivity contribution >= 4 is 27.3 Å². The van der Waals surface area contributed by atoms with Gasteiger partial charge in [0.05, 0.1) is 22.8 Å². The quantitative estimate of drug-likeness (QED) is 0.605. The molecule has 0 radical (unpaired) electrons. The highest BCUT2D eigenvalue weighted by Gasteiger charge is 2.32. The molecule has 1 aromatic heterocycles. The van der Waals surface area contributed by atoms with E-state index in [2.05, 4.69) is 10.4 Å². The van der Waals surface area contributed by atoms with Crippen LogP contribution in [0.3, 0.4) is 0 Å². The molecular formula is C22H24F2N4O3S. The Morgan fingerprint density at radius 3 is 2.22 bits per heavy atom. The van der Waals surface area contributed by atoms with Gasteiger partial charge in [-0.05, 0) is 63.1 Å². The summed E-state index contributed by atoms with van der Waals surface area (Å²) in [6.07, 6.45) is 0. The molecule has 0 aliphatic heterocycles. The zero-order chi connectivity index (χ0) is 23.8. The Hall–Kier alpha value is -3.27. The zero-order valence-electron chi connectivity index (χ0n) is 18.4. The molecule has 7 nitrogen and oxygen atoms in total. The van der Waals surface area contributed by atoms with Crippen molar-refractivity contribution in [1.29, 1.82) is 0 Å². The second-order valence-electron chi connectivity index (χ2n) is 7.65. The van der Waals surface area contributed by atoms with Crippen LogP contribution in [0.5, 0.6) is 0 Å². The number of nitrogens with zero attached hydrogens (tertiary/aromatic N) is 3. The molecule has 0 aliphatic carbocycles. The number of anilines is 2. The third kappa shape index (κ3) is 4.64. The van der Waals surface area contributed by atoms with Gasteiger partial charge in [0, 0.05) is 13.1 Å². The molecule has 0 bridgehead atoms. The summed E-state index contributed by atoms with van der Waals surface area (Å²) in [6, 6.07) is 7.89. The summed E-state index contributed by atoms with van der Waals surface area (Å²) in [5.74, 6) is -2.53. The van der Waals surface area contributed by atoms with Crippen LogP contribution < -0.4 is 9.62 Å². The maximum Gasteiger partial charge on any atom is 0.268 e. The Bertz CT molecular complexity index is 1280. The lowest BCUT2D eigenvalue weighted by atomic mass is 10.1. The molecule has 0 saturated heterocycles. The van der Waals surface area contributed by atoms with Crippen LogP contribution in [0.2, 0.25) is 0 Å². The predicted molar refractivity (Wildman–Crippen MR) is 118 cm³/mol. The van der Waals surface area contributed by atoms with Crippen LogP contribution in [0.1, 0.15) is 22.5 Å². The molecule has 0 fully saturated rings. The number of carbonyl (C=O) groups is 1. The summed E-state index contributed by atoms with van der Waals surface area (Å²) in [7, 11) is -2.57. The van der Waals surface area contributed by atoms with Crippen molar-refractivity contribution < 1.29 is 22.0 Å². The van der Waals surface area contributed by atoms with Crippen LogP contribution in [-0.4, -0.2) is 30.7 Å². The number of nitrogens with one attached hydrogen (secondary N) is 1. The maximum absolute atomic E-state index is 14.0. The summed E-state index contributed by atoms with van der Waals surface area (Å²) in [5.41, 5.74) is 2.38. The molecule has 1 N–H and O–H groups in total. The van der Waals surface area contributed by atoms with Gasteiger partial charge >= 0.3 is 0 Å². The average Bonchev–Trinajstić information content (AvgIpc) is 2.93. The van der Waals surface area contributed by atoms with Crippen LogP contribution in [0.15, 0.2) is 41.3 Å². The lowest BCUT2D eigenvalue weighted by molar-refractivity contribution is -0.114. The number of benzene rings is 2. The third-order valence-corrected chi connectivity index (χ3v) is 7.00. The van der Waals surface area contributed by atoms with Gasteiger partial charge < -0.3 is 5.32 Å². The van der Waals surface area contributed by atoms with Crippen molar-refractivity contribution in [2.24, 2.45) is 7.05 Å². The highest BCUT2D eigenvalue weighted by Crippen LogP contribution is 2.29. The topological polar surface area (TPSA) is 84.3 Å². The molecule has 3 rings (SSSR count). The highest BCUT2D eigenvalue weighted by molar-refractivity contribution is 7.93. The van der Waals surface area contributed by atoms with E-state index in [-0.39, 0.29) is 10.6 Å². The minimum absolute atomic E-state index is 0.0000723. The fourth-order valence-corrected chi connectivity index (χ4v) is 5.37. The predicted octanol–water partition coefficient (Wildman–Crippen LogP) is 3.77. The molecular weight excluding hydrogens is 438 g/mol. The lowest BCUT2D eigenvalue weighted by Crippen LogP contribution is -2.38. The molecule has 1 amide bonds. The van der Waals surface area contributed by atoms with Crippen LogP contribution in [0.4, 0.5) is 20.2 Å². The monoisotopic (exact) mass is 462 g/mol. The van der Waals surface area contributed by atoms with Gasteiger partial charge in [-0.15, -0.1) is 0 Å². The second kappa shape index (κ2) is 8.70. The van der Waals surface area contributed by atoms with Crippen molar-refractivity contribution in [3.8, 4) is 0 Å². The SMILES string of the molecule is Cc1cc(C)cc(N(CC(=O)Nc2ccc(F)cc2F)S(=O)(=O)c2c(C)nn(C)c2C)c1. The van der Waals surface area contributed by atoms with Crippen molar-refractivity contribution in [2.75, 3.05) is 16.2 Å². The number of halogens is 2. The Morgan fingerprint density at radius 2 is 1.69 bits per heavy atom. The first-order valence-corrected chi connectivity index (χ1v) is 11.2. The second-order valence-corrected chi connectivity index (χ2v) is 9.45. The van der Waals surface area contributed by atoms with Gasteiger partial charge in [0.15, 0.2) is 0 Å². The number of aromatic nitrogens is 2. The largest absolute Gasteiger partial charge is 0.322 e. The fourth-order valence-electron chi connectivity index (χ4n) is 3.56. The van der Waals surface area contributed by atoms with E-state index in [0.29, 0.717) is 23.1 Å². The van der Waals surface area contributed by atoms with Crippen molar-refractivity contribution in [2.45, 2.75) is 32.6 Å². The van der Waals surface area contributed by atoms with Gasteiger partial charge in [-0.25, -0.2) is 17.2 Å². The maximum atomic E-state index is 14.0. The number of hydrogen-bond donors (Lipinski definition) is 1. The van der Waals surface area contributed by atoms with Crippen molar-refractivity contribution in [3.05, 3.63) is 70.5 Å². The van der Waals surface area contributed by atoms with Gasteiger partial charge in [-0.2, -0.15) is 5.10 Å². The highest BCUT2D eigenvalue weighted by atomic mass is 32.2. The molecule has 0 atom stereocenters. The van der Waals surface area contributed by atoms with Crippen molar-refractivity contribution in [1.82, 2.24) is 9.78 Å². The number of rotatable bonds is 6. The van der Waals surface area contributed by atoms with E-state index < -0.39 is 34.1 Å². The molecule has 0 unspecified atom stereocenters. The first-order valence-electron chi connectivity index (χ1n) is 9.76. The van der Waals surface area contributed by atoms with Gasteiger partial charge in [0.2, 0.25) is 5.91 Å². The van der Waals surface area contributed by atoms with E-state index in [9.17, 15) is 22.0 Å². The molecule has 32 heavy (non-hydrogen) atoms. The molecule has 10 heteroatoms. The lowest BCUT2D eigenvalue weighted by Gasteiger charge is -2.25. The first kappa shape index (κ1) is 23.4. The summed E-state index contributed by atoms with van der Waals surface area (Å²) in [5, 5.41) is 6.50. The summed E-state index contributed by atoms with van der Waals surface area (Å²) >= 11 is 0. The van der Waals surface area contributed by atoms with Crippen LogP contribution in [-0.2, 0) is 21.9 Å². The third-order valence-electron chi connectivity index (χ3n) is 4.98. The molecule has 170 valence electrons. The number of carbonyl (C=O) groups excluding carboxylic acids is 1. The fraction of sp³-hybridized carbons (Fsp3) is 0.273. The van der Waals surface area contributed by atoms with Crippen LogP contribution in [0, 0.1) is 39.3 Å². The number of sulfonamides is 1. The Kier molecular flexibility index (Phi) is 6.36. The number of hydrogen-bond acceptors (Lipinski definition) is 4. The van der Waals surface area contributed by atoms with E-state index in [1.54, 1.807) is 33.0 Å². The van der Waals surface area contributed by atoms with Gasteiger partial charge in [-0.3, -0.25) is 13.8 Å². The smallest absolute Gasteiger partial charge is 0.268 e. The van der Waals surface area contributed by atoms with E-state index in [1.807, 2.05) is 19.9 Å². The molecule has 0 spiro atoms. The molecule has 1 heterocycles. The minimum atomic E-state index is -4.20. The number of aryl methyl sites for hydroxylation is 4. The Labute approximate surface area is 185 Å². The molecule has 3 aromatic rings. The first-order chi connectivity index (χ1) is 14.9. The summed E-state index contributed by atoms with van der Waals surface area (Å²) in [4.78, 5) is 12.8. The van der Waals surface area contributed by atoms with E-state index in [1.165, 1.54) is 4.68 Å². The van der Waals surface area contributed by atoms with E-state index >= 15 is 0 Å². The normalized spacial score (nSPS) is 11.5. The average molecular weight is 463 g/mol. The zero-order valence-corrected chi connectivity index (χ0v) is 19.2. The minimum Gasteiger partial charge on any atom is -0.322 e. The standard InChI is InChI=1S/C22H24F2N4O3S/c1-13-8-14(2)10-18(9-13)28(32(30,31)22-15(3)26-27(5)16(22)4)12-21(29)25-20-7-6-17(23)11-19(20)24/h6-11H,12H2,1-5H3,(H,25,29). The van der Waals surface area contributed by atoms with Crippen LogP contribution >= 0.6 is 0 Å². The Morgan fingerprint density at radius 1 is 1.06 bits per heavy atom. The number of amides is 1. The van der Waals surface area contributed by atoms with Gasteiger partial charge in [0.1, 0.15) is 23.1 Å². The van der Waals surface area contributed by atoms with Crippen molar-refractivity contribution in [3.63, 3.8) is 0 Å².